The zero-order valence-electron chi connectivity index (χ0n) is 11.7. The van der Waals surface area contributed by atoms with Crippen LogP contribution in [0.2, 0.25) is 0 Å². The fourth-order valence-electron chi connectivity index (χ4n) is 2.98. The predicted octanol–water partition coefficient (Wildman–Crippen LogP) is 3.32. The van der Waals surface area contributed by atoms with Gasteiger partial charge >= 0.3 is 0 Å². The van der Waals surface area contributed by atoms with Crippen molar-refractivity contribution in [3.05, 3.63) is 35.6 Å². The molecule has 2 nitrogen and oxygen atoms in total. The molecular weight excluding hydrogens is 243 g/mol. The Morgan fingerprint density at radius 3 is 2.58 bits per heavy atom. The van der Waals surface area contributed by atoms with Crippen LogP contribution in [0.15, 0.2) is 24.3 Å². The fraction of sp³-hybridized carbons (Fsp3) is 0.625. The molecule has 0 aliphatic heterocycles. The van der Waals surface area contributed by atoms with Crippen LogP contribution in [0, 0.1) is 11.7 Å². The van der Waals surface area contributed by atoms with Crippen molar-refractivity contribution >= 4 is 0 Å². The summed E-state index contributed by atoms with van der Waals surface area (Å²) in [5.74, 6) is 0.431. The molecule has 0 saturated heterocycles. The molecule has 1 atom stereocenters. The van der Waals surface area contributed by atoms with Crippen LogP contribution in [-0.4, -0.2) is 23.9 Å². The first-order chi connectivity index (χ1) is 9.07. The first kappa shape index (κ1) is 14.5. The van der Waals surface area contributed by atoms with E-state index in [0.717, 1.165) is 25.7 Å². The van der Waals surface area contributed by atoms with E-state index < -0.39 is 11.7 Å². The topological polar surface area (TPSA) is 29.5 Å². The lowest BCUT2D eigenvalue weighted by molar-refractivity contribution is -0.127. The Kier molecular flexibility index (Phi) is 4.58. The highest BCUT2D eigenvalue weighted by Gasteiger charge is 2.40. The van der Waals surface area contributed by atoms with Gasteiger partial charge in [0.05, 0.1) is 11.7 Å². The van der Waals surface area contributed by atoms with Gasteiger partial charge in [0.25, 0.3) is 0 Å². The van der Waals surface area contributed by atoms with E-state index in [9.17, 15) is 9.50 Å². The molecule has 1 saturated carbocycles. The highest BCUT2D eigenvalue weighted by Crippen LogP contribution is 2.37. The highest BCUT2D eigenvalue weighted by atomic mass is 19.1. The van der Waals surface area contributed by atoms with Crippen molar-refractivity contribution in [2.75, 3.05) is 7.11 Å². The molecule has 1 aromatic carbocycles. The molecule has 1 aliphatic carbocycles. The minimum Gasteiger partial charge on any atom is -0.390 e. The number of ether oxygens (including phenoxy) is 1. The second-order valence-electron chi connectivity index (χ2n) is 5.76. The van der Waals surface area contributed by atoms with Gasteiger partial charge in [-0.05, 0) is 43.2 Å². The van der Waals surface area contributed by atoms with Gasteiger partial charge in [-0.3, -0.25) is 0 Å². The molecule has 0 spiro atoms. The van der Waals surface area contributed by atoms with E-state index in [-0.39, 0.29) is 5.82 Å². The Balaban J connectivity index is 2.09. The summed E-state index contributed by atoms with van der Waals surface area (Å²) in [5, 5.41) is 10.5. The zero-order valence-corrected chi connectivity index (χ0v) is 11.7. The van der Waals surface area contributed by atoms with Crippen molar-refractivity contribution in [2.24, 2.45) is 5.92 Å². The van der Waals surface area contributed by atoms with Gasteiger partial charge in [0.2, 0.25) is 0 Å². The van der Waals surface area contributed by atoms with Gasteiger partial charge < -0.3 is 9.84 Å². The maximum absolute atomic E-state index is 13.7. The highest BCUT2D eigenvalue weighted by molar-refractivity contribution is 5.19. The number of benzene rings is 1. The molecule has 1 aromatic rings. The molecule has 106 valence electrons. The monoisotopic (exact) mass is 266 g/mol. The summed E-state index contributed by atoms with van der Waals surface area (Å²) in [4.78, 5) is 0. The molecule has 19 heavy (non-hydrogen) atoms. The minimum absolute atomic E-state index is 0.253. The molecular formula is C16H23FO2. The first-order valence-corrected chi connectivity index (χ1v) is 7.04. The van der Waals surface area contributed by atoms with Gasteiger partial charge in [-0.2, -0.15) is 0 Å². The average molecular weight is 266 g/mol. The molecule has 2 rings (SSSR count). The van der Waals surface area contributed by atoms with E-state index >= 15 is 0 Å². The molecule has 0 aromatic heterocycles. The van der Waals surface area contributed by atoms with Crippen LogP contribution in [0.4, 0.5) is 4.39 Å². The third-order valence-electron chi connectivity index (χ3n) is 4.51. The summed E-state index contributed by atoms with van der Waals surface area (Å²) in [6, 6.07) is 6.63. The van der Waals surface area contributed by atoms with Crippen LogP contribution in [0.25, 0.3) is 0 Å². The number of halogens is 1. The van der Waals surface area contributed by atoms with Crippen LogP contribution >= 0.6 is 0 Å². The number of aliphatic hydroxyl groups excluding tert-OH is 1. The van der Waals surface area contributed by atoms with E-state index in [1.165, 1.54) is 6.07 Å². The van der Waals surface area contributed by atoms with Gasteiger partial charge in [0, 0.05) is 13.5 Å². The average Bonchev–Trinajstić information content (AvgIpc) is 2.42. The smallest absolute Gasteiger partial charge is 0.126 e. The fourth-order valence-corrected chi connectivity index (χ4v) is 2.98. The summed E-state index contributed by atoms with van der Waals surface area (Å²) in [5.41, 5.74) is 0.0551. The van der Waals surface area contributed by atoms with Gasteiger partial charge in [0.1, 0.15) is 5.82 Å². The van der Waals surface area contributed by atoms with Crippen LogP contribution in [0.5, 0.6) is 0 Å². The Labute approximate surface area is 114 Å². The molecule has 0 amide bonds. The number of hydrogen-bond acceptors (Lipinski definition) is 2. The summed E-state index contributed by atoms with van der Waals surface area (Å²) < 4.78 is 19.3. The van der Waals surface area contributed by atoms with E-state index in [0.29, 0.717) is 17.9 Å². The maximum Gasteiger partial charge on any atom is 0.126 e. The van der Waals surface area contributed by atoms with E-state index in [2.05, 4.69) is 6.92 Å². The second-order valence-corrected chi connectivity index (χ2v) is 5.76. The van der Waals surface area contributed by atoms with Crippen molar-refractivity contribution < 1.29 is 14.2 Å². The number of hydrogen-bond donors (Lipinski definition) is 1. The predicted molar refractivity (Wildman–Crippen MR) is 73.5 cm³/mol. The number of aliphatic hydroxyl groups is 1. The molecule has 1 unspecified atom stereocenters. The van der Waals surface area contributed by atoms with E-state index in [1.54, 1.807) is 25.3 Å². The summed E-state index contributed by atoms with van der Waals surface area (Å²) in [6.07, 6.45) is 3.47. The number of methoxy groups -OCH3 is 1. The lowest BCUT2D eigenvalue weighted by Crippen LogP contribution is -2.48. The van der Waals surface area contributed by atoms with Crippen LogP contribution in [-0.2, 0) is 11.2 Å². The Morgan fingerprint density at radius 2 is 2.00 bits per heavy atom. The third-order valence-corrected chi connectivity index (χ3v) is 4.51. The van der Waals surface area contributed by atoms with Gasteiger partial charge in [-0.15, -0.1) is 0 Å². The van der Waals surface area contributed by atoms with Gasteiger partial charge in [0.15, 0.2) is 0 Å². The van der Waals surface area contributed by atoms with E-state index in [4.69, 9.17) is 4.74 Å². The van der Waals surface area contributed by atoms with Crippen LogP contribution in [0.1, 0.15) is 38.2 Å². The first-order valence-electron chi connectivity index (χ1n) is 7.04. The lowest BCUT2D eigenvalue weighted by Gasteiger charge is -2.41. The largest absolute Gasteiger partial charge is 0.390 e. The summed E-state index contributed by atoms with van der Waals surface area (Å²) >= 11 is 0. The molecule has 1 N–H and O–H groups in total. The Bertz CT molecular complexity index is 411. The number of rotatable bonds is 4. The van der Waals surface area contributed by atoms with Crippen molar-refractivity contribution in [3.8, 4) is 0 Å². The minimum atomic E-state index is -0.651. The maximum atomic E-state index is 13.7. The lowest BCUT2D eigenvalue weighted by atomic mass is 9.75. The zero-order chi connectivity index (χ0) is 13.9. The molecule has 0 bridgehead atoms. The molecule has 0 heterocycles. The van der Waals surface area contributed by atoms with Crippen LogP contribution in [0.3, 0.4) is 0 Å². The summed E-state index contributed by atoms with van der Waals surface area (Å²) in [7, 11) is 1.65. The van der Waals surface area contributed by atoms with Crippen LogP contribution < -0.4 is 0 Å². The third kappa shape index (κ3) is 3.15. The second kappa shape index (κ2) is 6.02. The normalized spacial score (nSPS) is 29.2. The van der Waals surface area contributed by atoms with Crippen molar-refractivity contribution in [3.63, 3.8) is 0 Å². The standard InChI is InChI=1S/C16H23FO2/c1-12-7-9-16(19-2,10-8-12)15(18)11-13-5-3-4-6-14(13)17/h3-6,12,15,18H,7-11H2,1-2H3. The molecule has 1 aliphatic rings. The quantitative estimate of drug-likeness (QED) is 0.906. The molecule has 3 heteroatoms. The molecule has 0 radical (unpaired) electrons. The Hall–Kier alpha value is -0.930. The van der Waals surface area contributed by atoms with Gasteiger partial charge in [-0.25, -0.2) is 4.39 Å². The SMILES string of the molecule is COC1(C(O)Cc2ccccc2F)CCC(C)CC1. The van der Waals surface area contributed by atoms with Crippen molar-refractivity contribution in [1.29, 1.82) is 0 Å². The Morgan fingerprint density at radius 1 is 1.37 bits per heavy atom. The van der Waals surface area contributed by atoms with Gasteiger partial charge in [-0.1, -0.05) is 25.1 Å². The summed E-state index contributed by atoms with van der Waals surface area (Å²) in [6.45, 7) is 2.23. The van der Waals surface area contributed by atoms with Crippen molar-refractivity contribution in [1.82, 2.24) is 0 Å². The molecule has 1 fully saturated rings. The van der Waals surface area contributed by atoms with E-state index in [1.807, 2.05) is 0 Å². The van der Waals surface area contributed by atoms with Crippen molar-refractivity contribution in [2.45, 2.75) is 50.7 Å².